The van der Waals surface area contributed by atoms with Gasteiger partial charge in [-0.1, -0.05) is 12.8 Å². The number of alkyl halides is 1. The monoisotopic (exact) mass is 215 g/mol. The van der Waals surface area contributed by atoms with Gasteiger partial charge >= 0.3 is 0 Å². The van der Waals surface area contributed by atoms with Gasteiger partial charge in [0.2, 0.25) is 0 Å². The zero-order chi connectivity index (χ0) is 8.53. The highest BCUT2D eigenvalue weighted by molar-refractivity contribution is 6.95. The van der Waals surface area contributed by atoms with Gasteiger partial charge in [0.25, 0.3) is 0 Å². The van der Waals surface area contributed by atoms with Gasteiger partial charge in [-0.3, -0.25) is 4.99 Å². The van der Waals surface area contributed by atoms with Gasteiger partial charge in [0.1, 0.15) is 0 Å². The number of rotatable bonds is 6. The highest BCUT2D eigenvalue weighted by Crippen LogP contribution is 2.02. The summed E-state index contributed by atoms with van der Waals surface area (Å²) in [6.07, 6.45) is 4.44. The van der Waals surface area contributed by atoms with Crippen molar-refractivity contribution >= 4 is 39.4 Å². The van der Waals surface area contributed by atoms with E-state index in [1.54, 1.807) is 0 Å². The SMILES string of the molecule is ClCCCCCCN=C(Cl)Cl. The van der Waals surface area contributed by atoms with Gasteiger partial charge < -0.3 is 0 Å². The third kappa shape index (κ3) is 10.5. The van der Waals surface area contributed by atoms with Crippen molar-refractivity contribution in [2.75, 3.05) is 12.4 Å². The molecular weight excluding hydrogens is 204 g/mol. The predicted molar refractivity (Wildman–Crippen MR) is 53.2 cm³/mol. The van der Waals surface area contributed by atoms with Gasteiger partial charge in [-0.15, -0.1) is 11.6 Å². The molecule has 66 valence electrons. The second-order valence-electron chi connectivity index (χ2n) is 2.23. The molecule has 0 unspecified atom stereocenters. The van der Waals surface area contributed by atoms with Gasteiger partial charge in [-0.05, 0) is 36.0 Å². The molecule has 0 aliphatic rings. The summed E-state index contributed by atoms with van der Waals surface area (Å²) in [6.45, 7) is 0.727. The standard InChI is InChI=1S/C7H12Cl3N/c8-5-3-1-2-4-6-11-7(9)10/h1-6H2. The summed E-state index contributed by atoms with van der Waals surface area (Å²) in [5, 5.41) is 0. The molecule has 1 nitrogen and oxygen atoms in total. The van der Waals surface area contributed by atoms with Crippen molar-refractivity contribution in [3.05, 3.63) is 0 Å². The van der Waals surface area contributed by atoms with Crippen LogP contribution in [0, 0.1) is 0 Å². The third-order valence-corrected chi connectivity index (χ3v) is 1.78. The number of hydrogen-bond donors (Lipinski definition) is 0. The highest BCUT2D eigenvalue weighted by Gasteiger charge is 1.88. The van der Waals surface area contributed by atoms with Crippen LogP contribution >= 0.6 is 34.8 Å². The molecule has 0 saturated carbocycles. The Bertz CT molecular complexity index is 110. The summed E-state index contributed by atoms with van der Waals surface area (Å²) in [5.41, 5.74) is 0. The fourth-order valence-corrected chi connectivity index (χ4v) is 1.08. The van der Waals surface area contributed by atoms with Crippen LogP contribution in [0.25, 0.3) is 0 Å². The number of unbranched alkanes of at least 4 members (excludes halogenated alkanes) is 3. The molecule has 0 aliphatic heterocycles. The topological polar surface area (TPSA) is 12.4 Å². The van der Waals surface area contributed by atoms with E-state index in [2.05, 4.69) is 4.99 Å². The van der Waals surface area contributed by atoms with Gasteiger partial charge in [-0.2, -0.15) is 0 Å². The number of hydrogen-bond acceptors (Lipinski definition) is 1. The van der Waals surface area contributed by atoms with E-state index < -0.39 is 0 Å². The molecule has 11 heavy (non-hydrogen) atoms. The molecule has 0 atom stereocenters. The van der Waals surface area contributed by atoms with E-state index in [0.29, 0.717) is 0 Å². The number of halogens is 3. The van der Waals surface area contributed by atoms with Crippen LogP contribution < -0.4 is 0 Å². The van der Waals surface area contributed by atoms with Gasteiger partial charge in [0, 0.05) is 12.4 Å². The van der Waals surface area contributed by atoms with Crippen molar-refractivity contribution in [3.63, 3.8) is 0 Å². The van der Waals surface area contributed by atoms with E-state index in [0.717, 1.165) is 31.7 Å². The summed E-state index contributed by atoms with van der Waals surface area (Å²) in [6, 6.07) is 0. The van der Waals surface area contributed by atoms with Crippen LogP contribution in [-0.4, -0.2) is 17.1 Å². The van der Waals surface area contributed by atoms with E-state index in [9.17, 15) is 0 Å². The van der Waals surface area contributed by atoms with Crippen LogP contribution in [0.3, 0.4) is 0 Å². The molecule has 0 aromatic rings. The van der Waals surface area contributed by atoms with Crippen LogP contribution in [0.15, 0.2) is 4.99 Å². The van der Waals surface area contributed by atoms with E-state index in [1.165, 1.54) is 6.42 Å². The lowest BCUT2D eigenvalue weighted by Gasteiger charge is -1.94. The molecule has 0 N–H and O–H groups in total. The van der Waals surface area contributed by atoms with Gasteiger partial charge in [-0.25, -0.2) is 0 Å². The minimum absolute atomic E-state index is 0.127. The molecule has 0 fully saturated rings. The van der Waals surface area contributed by atoms with E-state index >= 15 is 0 Å². The molecule has 0 bridgehead atoms. The first-order valence-electron chi connectivity index (χ1n) is 3.69. The summed E-state index contributed by atoms with van der Waals surface area (Å²) < 4.78 is 0.127. The minimum atomic E-state index is 0.127. The van der Waals surface area contributed by atoms with Crippen LogP contribution in [0.2, 0.25) is 0 Å². The van der Waals surface area contributed by atoms with Crippen molar-refractivity contribution in [1.29, 1.82) is 0 Å². The van der Waals surface area contributed by atoms with E-state index in [-0.39, 0.29) is 4.63 Å². The predicted octanol–water partition coefficient (Wildman–Crippen LogP) is 3.62. The lowest BCUT2D eigenvalue weighted by atomic mass is 10.2. The van der Waals surface area contributed by atoms with Gasteiger partial charge in [0.15, 0.2) is 4.63 Å². The lowest BCUT2D eigenvalue weighted by Crippen LogP contribution is -1.84. The fourth-order valence-electron chi connectivity index (χ4n) is 0.723. The maximum Gasteiger partial charge on any atom is 0.191 e. The third-order valence-electron chi connectivity index (χ3n) is 1.27. The largest absolute Gasteiger partial charge is 0.263 e. The Hall–Kier alpha value is 0.540. The number of aliphatic imine (C=N–C) groups is 1. The molecular formula is C7H12Cl3N. The summed E-state index contributed by atoms with van der Waals surface area (Å²) >= 11 is 16.1. The van der Waals surface area contributed by atoms with E-state index in [4.69, 9.17) is 34.8 Å². The van der Waals surface area contributed by atoms with Crippen molar-refractivity contribution in [3.8, 4) is 0 Å². The second-order valence-corrected chi connectivity index (χ2v) is 3.51. The Kier molecular flexibility index (Phi) is 9.06. The second kappa shape index (κ2) is 8.63. The van der Waals surface area contributed by atoms with Crippen LogP contribution in [-0.2, 0) is 0 Å². The summed E-state index contributed by atoms with van der Waals surface area (Å²) in [4.78, 5) is 3.84. The minimum Gasteiger partial charge on any atom is -0.263 e. The quantitative estimate of drug-likeness (QED) is 0.365. The Morgan fingerprint density at radius 3 is 2.18 bits per heavy atom. The van der Waals surface area contributed by atoms with Crippen molar-refractivity contribution < 1.29 is 0 Å². The molecule has 0 aliphatic carbocycles. The first-order valence-corrected chi connectivity index (χ1v) is 4.98. The molecule has 0 radical (unpaired) electrons. The van der Waals surface area contributed by atoms with Gasteiger partial charge in [0.05, 0.1) is 0 Å². The van der Waals surface area contributed by atoms with Crippen LogP contribution in [0.1, 0.15) is 25.7 Å². The molecule has 0 aromatic carbocycles. The molecule has 0 spiro atoms. The molecule has 0 amide bonds. The molecule has 4 heteroatoms. The Balaban J connectivity index is 2.97. The number of nitrogens with zero attached hydrogens (tertiary/aromatic N) is 1. The first-order chi connectivity index (χ1) is 5.27. The fraction of sp³-hybridized carbons (Fsp3) is 0.857. The molecule has 0 aromatic heterocycles. The zero-order valence-corrected chi connectivity index (χ0v) is 8.59. The molecule has 0 heterocycles. The normalized spacial score (nSPS) is 9.73. The highest BCUT2D eigenvalue weighted by atomic mass is 35.5. The smallest absolute Gasteiger partial charge is 0.191 e. The maximum absolute atomic E-state index is 5.50. The summed E-state index contributed by atoms with van der Waals surface area (Å²) in [7, 11) is 0. The van der Waals surface area contributed by atoms with E-state index in [1.807, 2.05) is 0 Å². The van der Waals surface area contributed by atoms with Crippen LogP contribution in [0.5, 0.6) is 0 Å². The Labute approximate surface area is 82.7 Å². The average molecular weight is 217 g/mol. The Morgan fingerprint density at radius 2 is 1.64 bits per heavy atom. The maximum atomic E-state index is 5.50. The van der Waals surface area contributed by atoms with Crippen molar-refractivity contribution in [2.45, 2.75) is 25.7 Å². The molecule has 0 saturated heterocycles. The summed E-state index contributed by atoms with van der Waals surface area (Å²) in [5.74, 6) is 0.750. The first kappa shape index (κ1) is 11.5. The average Bonchev–Trinajstić information content (AvgIpc) is 1.96. The molecule has 0 rings (SSSR count). The zero-order valence-electron chi connectivity index (χ0n) is 6.32. The van der Waals surface area contributed by atoms with Crippen molar-refractivity contribution in [1.82, 2.24) is 0 Å². The lowest BCUT2D eigenvalue weighted by molar-refractivity contribution is 0.678. The van der Waals surface area contributed by atoms with Crippen molar-refractivity contribution in [2.24, 2.45) is 4.99 Å². The van der Waals surface area contributed by atoms with Crippen LogP contribution in [0.4, 0.5) is 0 Å². The Morgan fingerprint density at radius 1 is 1.00 bits per heavy atom.